The van der Waals surface area contributed by atoms with Gasteiger partial charge in [-0.2, -0.15) is 25.3 Å². The number of hydrogen-bond acceptors (Lipinski definition) is 14. The number of nitrogens with zero attached hydrogens (tertiary/aromatic N) is 6. The van der Waals surface area contributed by atoms with E-state index in [0.717, 1.165) is 63.5 Å². The van der Waals surface area contributed by atoms with Crippen molar-refractivity contribution in [3.05, 3.63) is 108 Å². The number of phenols is 1. The second kappa shape index (κ2) is 18.6. The first kappa shape index (κ1) is 51.5. The van der Waals surface area contributed by atoms with Crippen molar-refractivity contribution in [1.82, 2.24) is 39.9 Å². The Kier molecular flexibility index (Phi) is 12.0. The number of aromatic hydroxyl groups is 1. The van der Waals surface area contributed by atoms with E-state index in [1.165, 1.54) is 53.6 Å². The summed E-state index contributed by atoms with van der Waals surface area (Å²) in [5.41, 5.74) is 3.76. The number of hydrogen-bond donors (Lipinski definition) is 7. The number of nitrogens with one attached hydrogen (secondary N) is 2. The van der Waals surface area contributed by atoms with Crippen molar-refractivity contribution in [1.29, 1.82) is 0 Å². The summed E-state index contributed by atoms with van der Waals surface area (Å²) in [4.78, 5) is 33.9. The minimum atomic E-state index is -4.74. The molecule has 2 aliphatic heterocycles. The molecule has 0 amide bonds. The molecule has 5 aliphatic rings. The molecule has 7 N–H and O–H groups in total. The molecule has 2 fully saturated rings. The van der Waals surface area contributed by atoms with Crippen LogP contribution in [0.3, 0.4) is 0 Å². The summed E-state index contributed by atoms with van der Waals surface area (Å²) in [7, 11) is -14.2. The summed E-state index contributed by atoms with van der Waals surface area (Å²) in [6.07, 6.45) is 8.69. The van der Waals surface area contributed by atoms with Crippen molar-refractivity contribution in [2.24, 2.45) is 17.3 Å². The van der Waals surface area contributed by atoms with Crippen LogP contribution in [-0.4, -0.2) is 94.6 Å². The third-order valence-electron chi connectivity index (χ3n) is 17.2. The minimum absolute atomic E-state index is 0.0274. The standard InChI is InChI=1S/C58H48N8O11S3/c1-57-25-22-38-37-18-13-33(67)27-32(37)12-17-39(38)47(57)23-26-58(57,68)24-7-5-3-2-4-6-9-31-10-8-11-43-48(31)56-65-51-42-21-16-36(80(75,76)77)30-46(42)54(63-51)61-49-40-19-14-34(78(69,70)71)28-44(40)53(59-49)60-50-41-20-15-35(79(72,73)74)29-45(41)55(62-50)64-52(43)66-56/h8,10-11,13-16,18-21,27-30,38-39,47,67-68H,3,5,7,12,17,22-26H2,1H3,(H,69,70,71)(H,72,73,74)(H,75,76,77)(H2,59,60,61,62,63,64,65,66)/t38-,39-,47+,57+,58-/m1/s1. The van der Waals surface area contributed by atoms with Gasteiger partial charge in [0.1, 0.15) is 28.3 Å². The molecule has 5 heterocycles. The number of unbranched alkanes of at least 4 members (excludes halogenated alkanes) is 2. The summed E-state index contributed by atoms with van der Waals surface area (Å²) in [6.45, 7) is 2.31. The topological polar surface area (TPSA) is 312 Å². The Hall–Kier alpha value is -7.93. The van der Waals surface area contributed by atoms with E-state index in [-0.39, 0.29) is 73.2 Å². The highest BCUT2D eigenvalue weighted by molar-refractivity contribution is 7.86. The van der Waals surface area contributed by atoms with Gasteiger partial charge in [-0.25, -0.2) is 29.9 Å². The van der Waals surface area contributed by atoms with Crippen molar-refractivity contribution < 1.29 is 49.1 Å². The first-order chi connectivity index (χ1) is 38.1. The molecule has 2 saturated carbocycles. The number of aromatic nitrogens is 8. The number of H-pyrrole nitrogens is 2. The maximum atomic E-state index is 12.5. The molecule has 13 rings (SSSR count). The Labute approximate surface area is 458 Å². The number of phenolic OH excluding ortho intramolecular Hbond substituents is 1. The normalized spacial score (nSPS) is 21.1. The van der Waals surface area contributed by atoms with Crippen LogP contribution >= 0.6 is 0 Å². The van der Waals surface area contributed by atoms with Gasteiger partial charge in [0.15, 0.2) is 23.3 Å². The molecule has 5 atom stereocenters. The number of aryl methyl sites for hydroxylation is 1. The lowest BCUT2D eigenvalue weighted by atomic mass is 9.53. The molecular weight excluding hydrogens is 1080 g/mol. The number of aromatic amines is 2. The van der Waals surface area contributed by atoms with Gasteiger partial charge in [0.25, 0.3) is 30.4 Å². The second-order valence-corrected chi connectivity index (χ2v) is 25.7. The van der Waals surface area contributed by atoms with Crippen LogP contribution in [0.2, 0.25) is 0 Å². The predicted molar refractivity (Wildman–Crippen MR) is 296 cm³/mol. The van der Waals surface area contributed by atoms with Gasteiger partial charge in [-0.3, -0.25) is 13.7 Å². The van der Waals surface area contributed by atoms with E-state index in [1.807, 2.05) is 6.07 Å². The van der Waals surface area contributed by atoms with Gasteiger partial charge >= 0.3 is 0 Å². The highest BCUT2D eigenvalue weighted by Gasteiger charge is 2.61. The Bertz CT molecular complexity index is 4670. The molecule has 3 aromatic heterocycles. The zero-order valence-electron chi connectivity index (χ0n) is 42.6. The first-order valence-electron chi connectivity index (χ1n) is 26.0. The fraction of sp³-hybridized carbons (Fsp3) is 0.276. The molecule has 0 spiro atoms. The molecule has 80 heavy (non-hydrogen) atoms. The lowest BCUT2D eigenvalue weighted by Gasteiger charge is -2.53. The van der Waals surface area contributed by atoms with E-state index < -0.39 is 50.6 Å². The van der Waals surface area contributed by atoms with Crippen molar-refractivity contribution in [3.63, 3.8) is 0 Å². The zero-order chi connectivity index (χ0) is 55.7. The van der Waals surface area contributed by atoms with Crippen LogP contribution in [-0.2, 0) is 36.8 Å². The maximum absolute atomic E-state index is 12.5. The van der Waals surface area contributed by atoms with E-state index >= 15 is 0 Å². The van der Waals surface area contributed by atoms with Crippen LogP contribution in [0.15, 0.2) is 106 Å². The van der Waals surface area contributed by atoms with Gasteiger partial charge in [-0.05, 0) is 177 Å². The Morgan fingerprint density at radius 2 is 1.20 bits per heavy atom. The van der Waals surface area contributed by atoms with Crippen molar-refractivity contribution in [2.75, 3.05) is 0 Å². The molecule has 0 saturated heterocycles. The van der Waals surface area contributed by atoms with E-state index in [0.29, 0.717) is 63.8 Å². The van der Waals surface area contributed by atoms with Gasteiger partial charge in [-0.1, -0.05) is 37.0 Å². The van der Waals surface area contributed by atoms with Gasteiger partial charge in [0.2, 0.25) is 0 Å². The molecule has 19 nitrogen and oxygen atoms in total. The van der Waals surface area contributed by atoms with Gasteiger partial charge in [0, 0.05) is 55.8 Å². The monoisotopic (exact) mass is 1130 g/mol. The van der Waals surface area contributed by atoms with Crippen LogP contribution in [0.5, 0.6) is 5.75 Å². The highest BCUT2D eigenvalue weighted by atomic mass is 32.2. The smallest absolute Gasteiger partial charge is 0.294 e. The van der Waals surface area contributed by atoms with Crippen LogP contribution in [0.4, 0.5) is 0 Å². The largest absolute Gasteiger partial charge is 0.508 e. The van der Waals surface area contributed by atoms with Gasteiger partial charge < -0.3 is 20.2 Å². The fourth-order valence-corrected chi connectivity index (χ4v) is 14.8. The Balaban J connectivity index is 0.874. The summed E-state index contributed by atoms with van der Waals surface area (Å²) >= 11 is 0. The third-order valence-corrected chi connectivity index (χ3v) is 19.7. The van der Waals surface area contributed by atoms with Crippen molar-refractivity contribution >= 4 is 74.5 Å². The average molecular weight is 1130 g/mol. The third kappa shape index (κ3) is 8.70. The second-order valence-electron chi connectivity index (χ2n) is 21.5. The van der Waals surface area contributed by atoms with Crippen LogP contribution in [0.1, 0.15) is 87.3 Å². The molecule has 404 valence electrons. The minimum Gasteiger partial charge on any atom is -0.508 e. The highest BCUT2D eigenvalue weighted by Crippen LogP contribution is 2.65. The Morgan fingerprint density at radius 1 is 0.600 bits per heavy atom. The van der Waals surface area contributed by atoms with Crippen molar-refractivity contribution in [3.8, 4) is 75.0 Å². The van der Waals surface area contributed by atoms with Crippen LogP contribution in [0.25, 0.3) is 89.7 Å². The molecule has 5 aromatic carbocycles. The molecule has 8 aromatic rings. The molecule has 3 aliphatic carbocycles. The van der Waals surface area contributed by atoms with E-state index in [9.17, 15) is 49.1 Å². The van der Waals surface area contributed by atoms with E-state index in [1.54, 1.807) is 24.3 Å². The number of fused-ring (bicyclic) bond motifs is 25. The van der Waals surface area contributed by atoms with E-state index in [2.05, 4.69) is 51.6 Å². The zero-order valence-corrected chi connectivity index (χ0v) is 45.0. The quantitative estimate of drug-likeness (QED) is 0.0444. The summed E-state index contributed by atoms with van der Waals surface area (Å²) in [5, 5.41) is 23.5. The fourth-order valence-electron chi connectivity index (χ4n) is 13.3. The summed E-state index contributed by atoms with van der Waals surface area (Å²) in [6, 6.07) is 22.4. The summed E-state index contributed by atoms with van der Waals surface area (Å²) in [5.74, 6) is 14.2. The number of benzene rings is 5. The van der Waals surface area contributed by atoms with Crippen LogP contribution < -0.4 is 0 Å². The lowest BCUT2D eigenvalue weighted by molar-refractivity contribution is -0.108. The molecule has 0 unspecified atom stereocenters. The lowest BCUT2D eigenvalue weighted by Crippen LogP contribution is -2.50. The Morgan fingerprint density at radius 3 is 1.88 bits per heavy atom. The van der Waals surface area contributed by atoms with Crippen LogP contribution in [0, 0.1) is 40.9 Å². The van der Waals surface area contributed by atoms with Crippen molar-refractivity contribution in [2.45, 2.75) is 97.3 Å². The van der Waals surface area contributed by atoms with Gasteiger partial charge in [-0.15, -0.1) is 0 Å². The predicted octanol–water partition coefficient (Wildman–Crippen LogP) is 9.52. The first-order valence-corrected chi connectivity index (χ1v) is 30.3. The average Bonchev–Trinajstić information content (AvgIpc) is 4.21. The molecule has 0 radical (unpaired) electrons. The molecule has 8 bridgehead atoms. The molecule has 22 heteroatoms. The summed E-state index contributed by atoms with van der Waals surface area (Å²) < 4.78 is 105. The maximum Gasteiger partial charge on any atom is 0.294 e. The number of aliphatic hydroxyl groups is 1. The SMILES string of the molecule is C[C@]12CC[C@@H]3c4ccc(O)cc4CC[C@H]3[C@@H]1CC[C@]2(O)CCCCC#CC#Cc1cccc2c1-c1nc-2nc2[nH]c(nc3nc(nc4[nH]c(n1)c1ccc(S(=O)(=O)O)cc41)-c1ccc(S(=O)(=O)O)cc1-3)c1ccc(S(=O)(=O)O)cc21. The molecular formula is C58H48N8O11S3. The van der Waals surface area contributed by atoms with E-state index in [4.69, 9.17) is 24.9 Å². The van der Waals surface area contributed by atoms with Gasteiger partial charge in [0.05, 0.1) is 20.3 Å². The number of rotatable bonds is 7.